The molecule has 1 unspecified atom stereocenters. The van der Waals surface area contributed by atoms with Crippen LogP contribution in [-0.4, -0.2) is 14.9 Å². The monoisotopic (exact) mass is 161 g/mol. The van der Waals surface area contributed by atoms with Gasteiger partial charge in [-0.3, -0.25) is 0 Å². The second kappa shape index (κ2) is 3.17. The molecule has 4 heteroatoms. The summed E-state index contributed by atoms with van der Waals surface area (Å²) < 4.78 is 0. The molecule has 1 aromatic carbocycles. The molecule has 2 radical (unpaired) electrons. The minimum Gasteiger partial charge on any atom is -0.398 e. The molecule has 0 aliphatic carbocycles. The molecular weight excluding hydrogens is 149 g/mol. The van der Waals surface area contributed by atoms with Crippen molar-refractivity contribution in [1.82, 2.24) is 5.32 Å². The van der Waals surface area contributed by atoms with E-state index >= 15 is 0 Å². The molecule has 1 rings (SSSR count). The summed E-state index contributed by atoms with van der Waals surface area (Å²) in [4.78, 5) is 0. The van der Waals surface area contributed by atoms with Gasteiger partial charge >= 0.3 is 0 Å². The molecule has 0 aliphatic rings. The molecule has 0 amide bonds. The largest absolute Gasteiger partial charge is 0.398 e. The third-order valence-electron chi connectivity index (χ3n) is 1.82. The van der Waals surface area contributed by atoms with Crippen molar-refractivity contribution in [2.45, 2.75) is 5.56 Å². The maximum Gasteiger partial charge on any atom is 0.124 e. The van der Waals surface area contributed by atoms with Gasteiger partial charge in [0.15, 0.2) is 0 Å². The van der Waals surface area contributed by atoms with Crippen LogP contribution in [0.4, 0.5) is 5.69 Å². The first-order valence-corrected chi connectivity index (χ1v) is 3.69. The fraction of sp³-hybridized carbons (Fsp3) is 0.250. The van der Waals surface area contributed by atoms with E-state index in [1.165, 1.54) is 0 Å². The van der Waals surface area contributed by atoms with Gasteiger partial charge in [0.25, 0.3) is 0 Å². The Balaban J connectivity index is 3.10. The van der Waals surface area contributed by atoms with E-state index in [0.717, 1.165) is 0 Å². The minimum atomic E-state index is -1.05. The number of hydrogen-bond donors (Lipinski definition) is 3. The second-order valence-corrected chi connectivity index (χ2v) is 2.71. The zero-order chi connectivity index (χ0) is 9.19. The van der Waals surface area contributed by atoms with E-state index in [-0.39, 0.29) is 0 Å². The van der Waals surface area contributed by atoms with Crippen molar-refractivity contribution in [3.8, 4) is 0 Å². The van der Waals surface area contributed by atoms with Crippen LogP contribution in [0.25, 0.3) is 0 Å². The minimum absolute atomic E-state index is 0.594. The van der Waals surface area contributed by atoms with Crippen LogP contribution in [0.1, 0.15) is 5.56 Å². The first kappa shape index (κ1) is 9.10. The third kappa shape index (κ3) is 1.60. The number of anilines is 1. The highest BCUT2D eigenvalue weighted by Gasteiger charge is 2.19. The van der Waals surface area contributed by atoms with E-state index in [9.17, 15) is 0 Å². The average molecular weight is 161 g/mol. The number of para-hydroxylation sites is 1. The highest BCUT2D eigenvalue weighted by Crippen LogP contribution is 2.18. The quantitative estimate of drug-likeness (QED) is 0.317. The van der Waals surface area contributed by atoms with Crippen LogP contribution in [0, 0.1) is 0 Å². The molecule has 0 aromatic heterocycles. The highest BCUT2D eigenvalue weighted by molar-refractivity contribution is 6.15. The van der Waals surface area contributed by atoms with Crippen molar-refractivity contribution in [1.29, 1.82) is 0 Å². The van der Waals surface area contributed by atoms with Crippen LogP contribution < -0.4 is 16.8 Å². The van der Waals surface area contributed by atoms with E-state index in [1.54, 1.807) is 19.2 Å². The zero-order valence-electron chi connectivity index (χ0n) is 7.04. The Morgan fingerprint density at radius 3 is 2.50 bits per heavy atom. The van der Waals surface area contributed by atoms with Gasteiger partial charge in [-0.2, -0.15) is 0 Å². The summed E-state index contributed by atoms with van der Waals surface area (Å²) in [6, 6.07) is 7.25. The number of rotatable bonds is 2. The molecule has 0 heterocycles. The Labute approximate surface area is 73.5 Å². The van der Waals surface area contributed by atoms with E-state index < -0.39 is 5.56 Å². The molecule has 0 saturated carbocycles. The lowest BCUT2D eigenvalue weighted by Crippen LogP contribution is -2.49. The summed E-state index contributed by atoms with van der Waals surface area (Å²) in [5, 5.41) is 2.77. The molecule has 3 nitrogen and oxygen atoms in total. The zero-order valence-corrected chi connectivity index (χ0v) is 7.04. The molecule has 1 aromatic rings. The average Bonchev–Trinajstić information content (AvgIpc) is 2.05. The van der Waals surface area contributed by atoms with Gasteiger partial charge in [0.05, 0.1) is 0 Å². The predicted molar refractivity (Wildman–Crippen MR) is 51.5 cm³/mol. The van der Waals surface area contributed by atoms with Gasteiger partial charge in [-0.05, 0) is 18.7 Å². The van der Waals surface area contributed by atoms with Gasteiger partial charge in [0, 0.05) is 11.2 Å². The predicted octanol–water partition coefficient (Wildman–Crippen LogP) is -0.274. The summed E-state index contributed by atoms with van der Waals surface area (Å²) in [5.41, 5.74) is 11.7. The molecule has 0 spiro atoms. The number of hydrogen-bond acceptors (Lipinski definition) is 3. The Morgan fingerprint density at radius 1 is 1.42 bits per heavy atom. The van der Waals surface area contributed by atoms with Gasteiger partial charge in [-0.1, -0.05) is 18.2 Å². The fourth-order valence-electron chi connectivity index (χ4n) is 1.01. The van der Waals surface area contributed by atoms with Crippen LogP contribution in [-0.2, 0) is 5.56 Å². The van der Waals surface area contributed by atoms with Crippen molar-refractivity contribution >= 4 is 13.5 Å². The molecule has 0 saturated heterocycles. The van der Waals surface area contributed by atoms with Crippen LogP contribution in [0.3, 0.4) is 0 Å². The number of nitrogens with one attached hydrogen (secondary N) is 1. The van der Waals surface area contributed by atoms with Gasteiger partial charge < -0.3 is 16.8 Å². The van der Waals surface area contributed by atoms with E-state index in [0.29, 0.717) is 11.3 Å². The molecule has 12 heavy (non-hydrogen) atoms. The first-order valence-electron chi connectivity index (χ1n) is 3.69. The smallest absolute Gasteiger partial charge is 0.124 e. The highest BCUT2D eigenvalue weighted by atomic mass is 15.0. The van der Waals surface area contributed by atoms with Crippen LogP contribution in [0.5, 0.6) is 0 Å². The first-order chi connectivity index (χ1) is 5.58. The topological polar surface area (TPSA) is 64.1 Å². The normalized spacial score (nSPS) is 15.5. The Morgan fingerprint density at radius 2 is 2.00 bits per heavy atom. The molecule has 0 fully saturated rings. The van der Waals surface area contributed by atoms with Gasteiger partial charge in [0.2, 0.25) is 0 Å². The maximum absolute atomic E-state index is 5.72. The maximum atomic E-state index is 5.72. The lowest BCUT2D eigenvalue weighted by molar-refractivity contribution is 0.546. The fourth-order valence-corrected chi connectivity index (χ4v) is 1.01. The van der Waals surface area contributed by atoms with Crippen molar-refractivity contribution in [3.05, 3.63) is 29.8 Å². The Kier molecular flexibility index (Phi) is 2.40. The number of benzene rings is 1. The molecule has 0 aliphatic heterocycles. The van der Waals surface area contributed by atoms with Crippen molar-refractivity contribution in [3.63, 3.8) is 0 Å². The lowest BCUT2D eigenvalue weighted by atomic mass is 9.80. The lowest BCUT2D eigenvalue weighted by Gasteiger charge is -2.26. The van der Waals surface area contributed by atoms with Gasteiger partial charge in [-0.25, -0.2) is 0 Å². The molecular formula is C8H12BN3. The van der Waals surface area contributed by atoms with E-state index in [1.807, 2.05) is 12.1 Å². The van der Waals surface area contributed by atoms with Crippen molar-refractivity contribution in [2.24, 2.45) is 5.73 Å². The summed E-state index contributed by atoms with van der Waals surface area (Å²) in [6.07, 6.45) is 0. The van der Waals surface area contributed by atoms with Crippen molar-refractivity contribution < 1.29 is 0 Å². The van der Waals surface area contributed by atoms with Crippen LogP contribution in [0.2, 0.25) is 0 Å². The van der Waals surface area contributed by atoms with E-state index in [4.69, 9.17) is 19.3 Å². The van der Waals surface area contributed by atoms with Crippen molar-refractivity contribution in [2.75, 3.05) is 12.8 Å². The number of nitrogen functional groups attached to an aromatic ring is 1. The Hall–Kier alpha value is -0.995. The van der Waals surface area contributed by atoms with Gasteiger partial charge in [0.1, 0.15) is 7.85 Å². The molecule has 0 bridgehead atoms. The summed E-state index contributed by atoms with van der Waals surface area (Å²) in [7, 11) is 7.41. The van der Waals surface area contributed by atoms with Crippen LogP contribution >= 0.6 is 0 Å². The Bertz CT molecular complexity index is 273. The molecule has 5 N–H and O–H groups in total. The standard InChI is InChI=1S/C8H12BN3/c1-12-8(9,11)6-4-2-3-5-7(6)10/h2-5,12H,10-11H2,1H3. The van der Waals surface area contributed by atoms with E-state index in [2.05, 4.69) is 5.32 Å². The SMILES string of the molecule is [B]C(N)(NC)c1ccccc1N. The second-order valence-electron chi connectivity index (χ2n) is 2.71. The summed E-state index contributed by atoms with van der Waals surface area (Å²) in [5.74, 6) is 0. The summed E-state index contributed by atoms with van der Waals surface area (Å²) >= 11 is 0. The summed E-state index contributed by atoms with van der Waals surface area (Å²) in [6.45, 7) is 0. The number of nitrogens with two attached hydrogens (primary N) is 2. The van der Waals surface area contributed by atoms with Crippen LogP contribution in [0.15, 0.2) is 24.3 Å². The third-order valence-corrected chi connectivity index (χ3v) is 1.82. The molecule has 62 valence electrons. The van der Waals surface area contributed by atoms with Gasteiger partial charge in [-0.15, -0.1) is 0 Å². The molecule has 1 atom stereocenters.